The summed E-state index contributed by atoms with van der Waals surface area (Å²) in [6, 6.07) is 0.473. The number of aromatic nitrogens is 2. The van der Waals surface area contributed by atoms with E-state index in [4.69, 9.17) is 0 Å². The lowest BCUT2D eigenvalue weighted by Crippen LogP contribution is -2.10. The average Bonchev–Trinajstić information content (AvgIpc) is 2.65. The summed E-state index contributed by atoms with van der Waals surface area (Å²) in [5, 5.41) is 3.40. The molecule has 0 atom stereocenters. The predicted octanol–water partition coefficient (Wildman–Crippen LogP) is 3.70. The van der Waals surface area contributed by atoms with Gasteiger partial charge in [-0.2, -0.15) is 0 Å². The van der Waals surface area contributed by atoms with Gasteiger partial charge >= 0.3 is 0 Å². The van der Waals surface area contributed by atoms with Gasteiger partial charge in [0.05, 0.1) is 0 Å². The van der Waals surface area contributed by atoms with E-state index in [1.54, 1.807) is 0 Å². The quantitative estimate of drug-likeness (QED) is 0.714. The zero-order valence-corrected chi connectivity index (χ0v) is 11.0. The molecular weight excluding hydrogens is 198 g/mol. The van der Waals surface area contributed by atoms with E-state index in [0.717, 1.165) is 18.4 Å². The second kappa shape index (κ2) is 6.56. The molecule has 0 radical (unpaired) electrons. The molecule has 0 aromatic carbocycles. The third kappa shape index (κ3) is 4.25. The summed E-state index contributed by atoms with van der Waals surface area (Å²) in [5.74, 6) is 1.82. The van der Waals surface area contributed by atoms with Crippen molar-refractivity contribution in [2.45, 2.75) is 53.0 Å². The number of imidazole rings is 1. The number of unbranched alkanes of at least 4 members (excludes halogenated alkanes) is 1. The molecule has 3 heteroatoms. The normalized spacial score (nSPS) is 11.4. The summed E-state index contributed by atoms with van der Waals surface area (Å²) in [7, 11) is 0. The Morgan fingerprint density at radius 3 is 2.62 bits per heavy atom. The van der Waals surface area contributed by atoms with Crippen LogP contribution in [-0.2, 0) is 0 Å². The Labute approximate surface area is 99.3 Å². The molecule has 0 bridgehead atoms. The SMILES string of the molecule is CC(C)CCCCNc1nccn1C(C)C. The van der Waals surface area contributed by atoms with Crippen molar-refractivity contribution in [1.29, 1.82) is 0 Å². The first kappa shape index (κ1) is 13.1. The number of anilines is 1. The first-order valence-electron chi connectivity index (χ1n) is 6.38. The first-order chi connectivity index (χ1) is 7.61. The van der Waals surface area contributed by atoms with Crippen LogP contribution >= 0.6 is 0 Å². The number of hydrogen-bond acceptors (Lipinski definition) is 2. The van der Waals surface area contributed by atoms with E-state index in [-0.39, 0.29) is 0 Å². The lowest BCUT2D eigenvalue weighted by atomic mass is 10.1. The molecular formula is C13H25N3. The topological polar surface area (TPSA) is 29.9 Å². The third-order valence-electron chi connectivity index (χ3n) is 2.72. The summed E-state index contributed by atoms with van der Waals surface area (Å²) in [4.78, 5) is 4.32. The molecule has 92 valence electrons. The molecule has 0 unspecified atom stereocenters. The van der Waals surface area contributed by atoms with Crippen molar-refractivity contribution >= 4 is 5.95 Å². The number of nitrogens with zero attached hydrogens (tertiary/aromatic N) is 2. The van der Waals surface area contributed by atoms with Gasteiger partial charge in [-0.3, -0.25) is 0 Å². The summed E-state index contributed by atoms with van der Waals surface area (Å²) >= 11 is 0. The van der Waals surface area contributed by atoms with E-state index < -0.39 is 0 Å². The van der Waals surface area contributed by atoms with Crippen molar-refractivity contribution in [1.82, 2.24) is 9.55 Å². The van der Waals surface area contributed by atoms with Gasteiger partial charge in [-0.25, -0.2) is 4.98 Å². The molecule has 1 N–H and O–H groups in total. The largest absolute Gasteiger partial charge is 0.356 e. The monoisotopic (exact) mass is 223 g/mol. The summed E-state index contributed by atoms with van der Waals surface area (Å²) in [5.41, 5.74) is 0. The van der Waals surface area contributed by atoms with E-state index in [1.807, 2.05) is 12.4 Å². The smallest absolute Gasteiger partial charge is 0.203 e. The molecule has 1 heterocycles. The highest BCUT2D eigenvalue weighted by Crippen LogP contribution is 2.13. The highest BCUT2D eigenvalue weighted by molar-refractivity contribution is 5.26. The second-order valence-corrected chi connectivity index (χ2v) is 5.07. The summed E-state index contributed by atoms with van der Waals surface area (Å²) < 4.78 is 2.17. The van der Waals surface area contributed by atoms with E-state index in [1.165, 1.54) is 19.3 Å². The average molecular weight is 223 g/mol. The highest BCUT2D eigenvalue weighted by atomic mass is 15.2. The van der Waals surface area contributed by atoms with Crippen molar-refractivity contribution < 1.29 is 0 Å². The standard InChI is InChI=1S/C13H25N3/c1-11(2)7-5-6-8-14-13-15-9-10-16(13)12(3)4/h9-12H,5-8H2,1-4H3,(H,14,15). The molecule has 1 aromatic heterocycles. The lowest BCUT2D eigenvalue weighted by molar-refractivity contribution is 0.543. The van der Waals surface area contributed by atoms with Crippen molar-refractivity contribution in [3.05, 3.63) is 12.4 Å². The van der Waals surface area contributed by atoms with Gasteiger partial charge in [0.15, 0.2) is 0 Å². The fourth-order valence-corrected chi connectivity index (χ4v) is 1.74. The number of nitrogens with one attached hydrogen (secondary N) is 1. The van der Waals surface area contributed by atoms with Crippen molar-refractivity contribution in [3.8, 4) is 0 Å². The van der Waals surface area contributed by atoms with Crippen molar-refractivity contribution in [2.75, 3.05) is 11.9 Å². The maximum atomic E-state index is 4.32. The summed E-state index contributed by atoms with van der Waals surface area (Å²) in [6.07, 6.45) is 7.73. The Hall–Kier alpha value is -0.990. The van der Waals surface area contributed by atoms with Gasteiger partial charge in [0.1, 0.15) is 0 Å². The number of rotatable bonds is 7. The van der Waals surface area contributed by atoms with Crippen LogP contribution in [0.25, 0.3) is 0 Å². The van der Waals surface area contributed by atoms with Gasteiger partial charge in [0.2, 0.25) is 5.95 Å². The molecule has 3 nitrogen and oxygen atoms in total. The fourth-order valence-electron chi connectivity index (χ4n) is 1.74. The molecule has 16 heavy (non-hydrogen) atoms. The second-order valence-electron chi connectivity index (χ2n) is 5.07. The molecule has 0 aliphatic carbocycles. The van der Waals surface area contributed by atoms with Crippen LogP contribution in [0.5, 0.6) is 0 Å². The predicted molar refractivity (Wildman–Crippen MR) is 69.8 cm³/mol. The Balaban J connectivity index is 2.24. The third-order valence-corrected chi connectivity index (χ3v) is 2.72. The van der Waals surface area contributed by atoms with Crippen LogP contribution in [0.1, 0.15) is 53.0 Å². The molecule has 1 aromatic rings. The van der Waals surface area contributed by atoms with Crippen LogP contribution in [0.2, 0.25) is 0 Å². The van der Waals surface area contributed by atoms with Crippen LogP contribution in [0.4, 0.5) is 5.95 Å². The van der Waals surface area contributed by atoms with Gasteiger partial charge in [-0.15, -0.1) is 0 Å². The maximum absolute atomic E-state index is 4.32. The zero-order chi connectivity index (χ0) is 12.0. The van der Waals surface area contributed by atoms with Gasteiger partial charge in [-0.1, -0.05) is 26.7 Å². The Bertz CT molecular complexity index is 289. The van der Waals surface area contributed by atoms with E-state index in [9.17, 15) is 0 Å². The molecule has 0 amide bonds. The molecule has 1 rings (SSSR count). The molecule has 0 saturated carbocycles. The van der Waals surface area contributed by atoms with Gasteiger partial charge in [-0.05, 0) is 26.2 Å². The Kier molecular flexibility index (Phi) is 5.36. The summed E-state index contributed by atoms with van der Waals surface area (Å²) in [6.45, 7) is 9.92. The molecule has 0 aliphatic heterocycles. The van der Waals surface area contributed by atoms with E-state index in [0.29, 0.717) is 6.04 Å². The Morgan fingerprint density at radius 2 is 2.00 bits per heavy atom. The van der Waals surface area contributed by atoms with Crippen molar-refractivity contribution in [3.63, 3.8) is 0 Å². The minimum absolute atomic E-state index is 0.473. The van der Waals surface area contributed by atoms with Crippen molar-refractivity contribution in [2.24, 2.45) is 5.92 Å². The van der Waals surface area contributed by atoms with Crippen LogP contribution in [0, 0.1) is 5.92 Å². The number of hydrogen-bond donors (Lipinski definition) is 1. The Morgan fingerprint density at radius 1 is 1.25 bits per heavy atom. The van der Waals surface area contributed by atoms with Crippen LogP contribution in [0.3, 0.4) is 0 Å². The lowest BCUT2D eigenvalue weighted by Gasteiger charge is -2.12. The van der Waals surface area contributed by atoms with Crippen LogP contribution in [-0.4, -0.2) is 16.1 Å². The minimum Gasteiger partial charge on any atom is -0.356 e. The van der Waals surface area contributed by atoms with Gasteiger partial charge in [0.25, 0.3) is 0 Å². The first-order valence-corrected chi connectivity index (χ1v) is 6.38. The maximum Gasteiger partial charge on any atom is 0.203 e. The van der Waals surface area contributed by atoms with E-state index >= 15 is 0 Å². The highest BCUT2D eigenvalue weighted by Gasteiger charge is 2.04. The molecule has 0 spiro atoms. The van der Waals surface area contributed by atoms with Gasteiger partial charge in [0, 0.05) is 25.0 Å². The van der Waals surface area contributed by atoms with Crippen LogP contribution < -0.4 is 5.32 Å². The van der Waals surface area contributed by atoms with Crippen LogP contribution in [0.15, 0.2) is 12.4 Å². The fraction of sp³-hybridized carbons (Fsp3) is 0.769. The molecule has 0 saturated heterocycles. The minimum atomic E-state index is 0.473. The molecule has 0 aliphatic rings. The van der Waals surface area contributed by atoms with Gasteiger partial charge < -0.3 is 9.88 Å². The zero-order valence-electron chi connectivity index (χ0n) is 11.0. The van der Waals surface area contributed by atoms with E-state index in [2.05, 4.69) is 42.6 Å². The molecule has 0 fully saturated rings.